The number of rotatable bonds is 7. The fraction of sp³-hybridized carbons (Fsp3) is 0.188. The lowest BCUT2D eigenvalue weighted by molar-refractivity contribution is 0.410. The topological polar surface area (TPSA) is 85.1 Å². The van der Waals surface area contributed by atoms with Gasteiger partial charge in [-0.1, -0.05) is 18.2 Å². The second-order valence-corrected chi connectivity index (χ2v) is 4.76. The SMILES string of the molecule is COc1ccccc1CNc1cnnc(NCc2ccco2)n1. The molecule has 0 unspecified atom stereocenters. The summed E-state index contributed by atoms with van der Waals surface area (Å²) < 4.78 is 10.6. The Morgan fingerprint density at radius 3 is 2.83 bits per heavy atom. The van der Waals surface area contributed by atoms with Gasteiger partial charge in [0.1, 0.15) is 11.5 Å². The van der Waals surface area contributed by atoms with E-state index >= 15 is 0 Å². The molecule has 2 N–H and O–H groups in total. The molecule has 3 aromatic rings. The van der Waals surface area contributed by atoms with Crippen LogP contribution in [0.1, 0.15) is 11.3 Å². The minimum atomic E-state index is 0.437. The molecule has 0 spiro atoms. The standard InChI is InChI=1S/C16H17N5O2/c1-22-14-7-3-2-5-12(14)9-17-15-11-19-21-16(20-15)18-10-13-6-4-8-23-13/h2-8,11H,9-10H2,1H3,(H2,17,18,20,21). The molecule has 0 radical (unpaired) electrons. The average molecular weight is 311 g/mol. The Morgan fingerprint density at radius 2 is 2.00 bits per heavy atom. The molecule has 0 fully saturated rings. The van der Waals surface area contributed by atoms with Crippen molar-refractivity contribution in [3.8, 4) is 5.75 Å². The van der Waals surface area contributed by atoms with E-state index in [1.807, 2.05) is 36.4 Å². The van der Waals surface area contributed by atoms with Crippen LogP contribution in [0.15, 0.2) is 53.3 Å². The molecular formula is C16H17N5O2. The third-order valence-corrected chi connectivity index (χ3v) is 3.21. The first-order valence-corrected chi connectivity index (χ1v) is 7.17. The molecule has 7 heteroatoms. The van der Waals surface area contributed by atoms with Gasteiger partial charge in [0.05, 0.1) is 26.1 Å². The highest BCUT2D eigenvalue weighted by molar-refractivity contribution is 5.41. The maximum Gasteiger partial charge on any atom is 0.245 e. The summed E-state index contributed by atoms with van der Waals surface area (Å²) in [7, 11) is 1.65. The van der Waals surface area contributed by atoms with Gasteiger partial charge < -0.3 is 19.8 Å². The molecule has 0 aliphatic rings. The summed E-state index contributed by atoms with van der Waals surface area (Å²) in [5, 5.41) is 14.2. The maximum absolute atomic E-state index is 5.33. The number of benzene rings is 1. The highest BCUT2D eigenvalue weighted by Crippen LogP contribution is 2.18. The number of aromatic nitrogens is 3. The number of hydrogen-bond donors (Lipinski definition) is 2. The Balaban J connectivity index is 1.61. The molecule has 118 valence electrons. The molecule has 0 amide bonds. The quantitative estimate of drug-likeness (QED) is 0.694. The van der Waals surface area contributed by atoms with E-state index < -0.39 is 0 Å². The first kappa shape index (κ1) is 14.8. The van der Waals surface area contributed by atoms with Crippen molar-refractivity contribution in [3.63, 3.8) is 0 Å². The fourth-order valence-electron chi connectivity index (χ4n) is 2.08. The Hall–Kier alpha value is -3.09. The van der Waals surface area contributed by atoms with E-state index in [1.165, 1.54) is 0 Å². The number of para-hydroxylation sites is 1. The van der Waals surface area contributed by atoms with E-state index in [-0.39, 0.29) is 0 Å². The van der Waals surface area contributed by atoms with Crippen LogP contribution in [0.4, 0.5) is 11.8 Å². The van der Waals surface area contributed by atoms with Crippen LogP contribution in [-0.2, 0) is 13.1 Å². The van der Waals surface area contributed by atoms with Gasteiger partial charge in [0, 0.05) is 12.1 Å². The molecule has 0 saturated heterocycles. The van der Waals surface area contributed by atoms with Crippen molar-refractivity contribution in [3.05, 3.63) is 60.2 Å². The monoisotopic (exact) mass is 311 g/mol. The van der Waals surface area contributed by atoms with Crippen LogP contribution in [0.2, 0.25) is 0 Å². The Kier molecular flexibility index (Phi) is 4.68. The molecule has 0 bridgehead atoms. The lowest BCUT2D eigenvalue weighted by Gasteiger charge is -2.10. The highest BCUT2D eigenvalue weighted by atomic mass is 16.5. The maximum atomic E-state index is 5.33. The fourth-order valence-corrected chi connectivity index (χ4v) is 2.08. The number of nitrogens with one attached hydrogen (secondary N) is 2. The van der Waals surface area contributed by atoms with Gasteiger partial charge in [0.25, 0.3) is 0 Å². The van der Waals surface area contributed by atoms with Crippen LogP contribution >= 0.6 is 0 Å². The molecule has 23 heavy (non-hydrogen) atoms. The van der Waals surface area contributed by atoms with E-state index in [0.29, 0.717) is 24.9 Å². The summed E-state index contributed by atoms with van der Waals surface area (Å²) in [6.45, 7) is 1.09. The molecule has 7 nitrogen and oxygen atoms in total. The lowest BCUT2D eigenvalue weighted by Crippen LogP contribution is -2.08. The van der Waals surface area contributed by atoms with Gasteiger partial charge in [-0.2, -0.15) is 10.1 Å². The number of hydrogen-bond acceptors (Lipinski definition) is 7. The second-order valence-electron chi connectivity index (χ2n) is 4.76. The van der Waals surface area contributed by atoms with Crippen LogP contribution in [-0.4, -0.2) is 22.3 Å². The predicted molar refractivity (Wildman–Crippen MR) is 86.2 cm³/mol. The number of anilines is 2. The van der Waals surface area contributed by atoms with Gasteiger partial charge in [0.15, 0.2) is 5.82 Å². The van der Waals surface area contributed by atoms with Crippen LogP contribution in [0, 0.1) is 0 Å². The van der Waals surface area contributed by atoms with Crippen LogP contribution < -0.4 is 15.4 Å². The molecule has 0 aliphatic carbocycles. The number of ether oxygens (including phenoxy) is 1. The smallest absolute Gasteiger partial charge is 0.245 e. The molecule has 2 heterocycles. The summed E-state index contributed by atoms with van der Waals surface area (Å²) in [5.74, 6) is 2.71. The van der Waals surface area contributed by atoms with Crippen molar-refractivity contribution < 1.29 is 9.15 Å². The minimum absolute atomic E-state index is 0.437. The molecule has 0 atom stereocenters. The third-order valence-electron chi connectivity index (χ3n) is 3.21. The number of nitrogens with zero attached hydrogens (tertiary/aromatic N) is 3. The van der Waals surface area contributed by atoms with Gasteiger partial charge in [-0.15, -0.1) is 5.10 Å². The lowest BCUT2D eigenvalue weighted by atomic mass is 10.2. The van der Waals surface area contributed by atoms with Crippen molar-refractivity contribution in [1.29, 1.82) is 0 Å². The largest absolute Gasteiger partial charge is 0.496 e. The molecule has 3 rings (SSSR count). The van der Waals surface area contributed by atoms with E-state index in [9.17, 15) is 0 Å². The highest BCUT2D eigenvalue weighted by Gasteiger charge is 2.04. The van der Waals surface area contributed by atoms with Crippen molar-refractivity contribution in [1.82, 2.24) is 15.2 Å². The summed E-state index contributed by atoms with van der Waals surface area (Å²) in [5.41, 5.74) is 1.04. The third kappa shape index (κ3) is 3.97. The van der Waals surface area contributed by atoms with Gasteiger partial charge in [-0.25, -0.2) is 0 Å². The minimum Gasteiger partial charge on any atom is -0.496 e. The van der Waals surface area contributed by atoms with Crippen LogP contribution in [0.5, 0.6) is 5.75 Å². The number of methoxy groups -OCH3 is 1. The molecule has 1 aromatic carbocycles. The van der Waals surface area contributed by atoms with Crippen LogP contribution in [0.25, 0.3) is 0 Å². The van der Waals surface area contributed by atoms with E-state index in [4.69, 9.17) is 9.15 Å². The Morgan fingerprint density at radius 1 is 1.09 bits per heavy atom. The van der Waals surface area contributed by atoms with Gasteiger partial charge >= 0.3 is 0 Å². The normalized spacial score (nSPS) is 10.3. The van der Waals surface area contributed by atoms with Crippen molar-refractivity contribution in [2.75, 3.05) is 17.7 Å². The summed E-state index contributed by atoms with van der Waals surface area (Å²) >= 11 is 0. The van der Waals surface area contributed by atoms with Crippen molar-refractivity contribution in [2.24, 2.45) is 0 Å². The Labute approximate surface area is 133 Å². The average Bonchev–Trinajstić information content (AvgIpc) is 3.12. The van der Waals surface area contributed by atoms with Gasteiger partial charge in [-0.3, -0.25) is 0 Å². The van der Waals surface area contributed by atoms with Crippen LogP contribution in [0.3, 0.4) is 0 Å². The molecule has 0 saturated carbocycles. The van der Waals surface area contributed by atoms with Crippen molar-refractivity contribution >= 4 is 11.8 Å². The summed E-state index contributed by atoms with van der Waals surface area (Å²) in [4.78, 5) is 4.36. The molecule has 2 aromatic heterocycles. The zero-order valence-electron chi connectivity index (χ0n) is 12.7. The zero-order chi connectivity index (χ0) is 15.9. The predicted octanol–water partition coefficient (Wildman–Crippen LogP) is 2.70. The molecular weight excluding hydrogens is 294 g/mol. The van der Waals surface area contributed by atoms with E-state index in [0.717, 1.165) is 17.1 Å². The van der Waals surface area contributed by atoms with E-state index in [2.05, 4.69) is 25.8 Å². The number of furan rings is 1. The Bertz CT molecular complexity index is 746. The summed E-state index contributed by atoms with van der Waals surface area (Å²) in [6.07, 6.45) is 3.20. The molecule has 0 aliphatic heterocycles. The van der Waals surface area contributed by atoms with Gasteiger partial charge in [0.2, 0.25) is 5.95 Å². The first-order valence-electron chi connectivity index (χ1n) is 7.17. The van der Waals surface area contributed by atoms with E-state index in [1.54, 1.807) is 19.6 Å². The van der Waals surface area contributed by atoms with Crippen molar-refractivity contribution in [2.45, 2.75) is 13.1 Å². The summed E-state index contributed by atoms with van der Waals surface area (Å²) in [6, 6.07) is 11.5. The first-order chi connectivity index (χ1) is 11.3. The van der Waals surface area contributed by atoms with Gasteiger partial charge in [-0.05, 0) is 18.2 Å². The zero-order valence-corrected chi connectivity index (χ0v) is 12.7. The second kappa shape index (κ2) is 7.26.